The quantitative estimate of drug-likeness (QED) is 0.594. The predicted octanol–water partition coefficient (Wildman–Crippen LogP) is 3.22. The van der Waals surface area contributed by atoms with Crippen molar-refractivity contribution >= 4 is 46.0 Å². The standard InChI is InChI=1S/C18H15IN2O3/c1-11-10-12(19)6-7-15(11)20-16(22)8-9-21-17(23)13-4-2-3-5-14(13)18(21)24/h2-7,10H,8-9H2,1H3,(H,20,22). The zero-order chi connectivity index (χ0) is 17.3. The van der Waals surface area contributed by atoms with Crippen LogP contribution in [0.25, 0.3) is 0 Å². The number of hydrogen-bond acceptors (Lipinski definition) is 3. The minimum atomic E-state index is -0.339. The second-order valence-corrected chi connectivity index (χ2v) is 6.81. The molecule has 5 nitrogen and oxygen atoms in total. The molecule has 3 amide bonds. The highest BCUT2D eigenvalue weighted by Crippen LogP contribution is 2.23. The molecule has 2 aromatic rings. The van der Waals surface area contributed by atoms with Crippen LogP contribution < -0.4 is 5.32 Å². The van der Waals surface area contributed by atoms with E-state index in [0.717, 1.165) is 19.7 Å². The van der Waals surface area contributed by atoms with E-state index in [-0.39, 0.29) is 30.7 Å². The Bertz CT molecular complexity index is 813. The molecule has 0 fully saturated rings. The molecule has 24 heavy (non-hydrogen) atoms. The molecule has 0 unspecified atom stereocenters. The average Bonchev–Trinajstić information content (AvgIpc) is 2.80. The van der Waals surface area contributed by atoms with Crippen LogP contribution in [0.15, 0.2) is 42.5 Å². The normalized spacial score (nSPS) is 13.2. The van der Waals surface area contributed by atoms with Crippen LogP contribution in [0.2, 0.25) is 0 Å². The highest BCUT2D eigenvalue weighted by molar-refractivity contribution is 14.1. The van der Waals surface area contributed by atoms with Crippen LogP contribution in [-0.2, 0) is 4.79 Å². The SMILES string of the molecule is Cc1cc(I)ccc1NC(=O)CCN1C(=O)c2ccccc2C1=O. The summed E-state index contributed by atoms with van der Waals surface area (Å²) in [5, 5.41) is 2.82. The molecule has 0 saturated carbocycles. The maximum Gasteiger partial charge on any atom is 0.261 e. The fourth-order valence-electron chi connectivity index (χ4n) is 2.64. The molecular weight excluding hydrogens is 419 g/mol. The molecule has 2 aromatic carbocycles. The maximum absolute atomic E-state index is 12.2. The molecule has 3 rings (SSSR count). The van der Waals surface area contributed by atoms with Crippen molar-refractivity contribution in [3.8, 4) is 0 Å². The molecule has 0 saturated heterocycles. The highest BCUT2D eigenvalue weighted by Gasteiger charge is 2.34. The van der Waals surface area contributed by atoms with Gasteiger partial charge in [-0.15, -0.1) is 0 Å². The minimum Gasteiger partial charge on any atom is -0.326 e. The third-order valence-corrected chi connectivity index (χ3v) is 4.57. The van der Waals surface area contributed by atoms with Gasteiger partial charge in [-0.2, -0.15) is 0 Å². The van der Waals surface area contributed by atoms with E-state index < -0.39 is 0 Å². The molecule has 0 atom stereocenters. The van der Waals surface area contributed by atoms with Gasteiger partial charge in [0.2, 0.25) is 5.91 Å². The molecule has 0 radical (unpaired) electrons. The van der Waals surface area contributed by atoms with Crippen molar-refractivity contribution in [3.05, 3.63) is 62.7 Å². The predicted molar refractivity (Wildman–Crippen MR) is 99.0 cm³/mol. The number of amides is 3. The largest absolute Gasteiger partial charge is 0.326 e. The van der Waals surface area contributed by atoms with Crippen molar-refractivity contribution in [3.63, 3.8) is 0 Å². The number of rotatable bonds is 4. The number of imide groups is 1. The first kappa shape index (κ1) is 16.6. The summed E-state index contributed by atoms with van der Waals surface area (Å²) in [7, 11) is 0. The first-order valence-electron chi connectivity index (χ1n) is 7.48. The summed E-state index contributed by atoms with van der Waals surface area (Å²) in [6.45, 7) is 1.99. The van der Waals surface area contributed by atoms with Crippen molar-refractivity contribution < 1.29 is 14.4 Å². The van der Waals surface area contributed by atoms with E-state index in [1.807, 2.05) is 25.1 Å². The number of anilines is 1. The number of fused-ring (bicyclic) bond motifs is 1. The van der Waals surface area contributed by atoms with Crippen LogP contribution in [0.3, 0.4) is 0 Å². The second kappa shape index (κ2) is 6.72. The Morgan fingerprint density at radius 3 is 2.29 bits per heavy atom. The van der Waals surface area contributed by atoms with E-state index in [1.165, 1.54) is 0 Å². The molecule has 1 aliphatic rings. The van der Waals surface area contributed by atoms with Gasteiger partial charge in [0.15, 0.2) is 0 Å². The fraction of sp³-hybridized carbons (Fsp3) is 0.167. The molecule has 0 aliphatic carbocycles. The Hall–Kier alpha value is -2.22. The van der Waals surface area contributed by atoms with Crippen LogP contribution in [0.5, 0.6) is 0 Å². The van der Waals surface area contributed by atoms with Gasteiger partial charge in [-0.25, -0.2) is 0 Å². The number of halogens is 1. The zero-order valence-electron chi connectivity index (χ0n) is 13.0. The van der Waals surface area contributed by atoms with Crippen LogP contribution in [0.1, 0.15) is 32.7 Å². The lowest BCUT2D eigenvalue weighted by Crippen LogP contribution is -2.32. The van der Waals surface area contributed by atoms with E-state index in [4.69, 9.17) is 0 Å². The lowest BCUT2D eigenvalue weighted by Gasteiger charge is -2.14. The summed E-state index contributed by atoms with van der Waals surface area (Å²) in [5.41, 5.74) is 2.51. The zero-order valence-corrected chi connectivity index (χ0v) is 15.2. The van der Waals surface area contributed by atoms with E-state index in [2.05, 4.69) is 27.9 Å². The van der Waals surface area contributed by atoms with Crippen molar-refractivity contribution in [1.29, 1.82) is 0 Å². The van der Waals surface area contributed by atoms with Crippen molar-refractivity contribution in [2.75, 3.05) is 11.9 Å². The highest BCUT2D eigenvalue weighted by atomic mass is 127. The smallest absolute Gasteiger partial charge is 0.261 e. The Labute approximate surface area is 153 Å². The Kier molecular flexibility index (Phi) is 4.66. The molecule has 0 bridgehead atoms. The van der Waals surface area contributed by atoms with Crippen molar-refractivity contribution in [2.24, 2.45) is 0 Å². The third kappa shape index (κ3) is 3.19. The monoisotopic (exact) mass is 434 g/mol. The molecular formula is C18H15IN2O3. The molecule has 6 heteroatoms. The topological polar surface area (TPSA) is 66.5 Å². The van der Waals surface area contributed by atoms with E-state index in [1.54, 1.807) is 24.3 Å². The fourth-order valence-corrected chi connectivity index (χ4v) is 3.28. The number of nitrogens with zero attached hydrogens (tertiary/aromatic N) is 1. The van der Waals surface area contributed by atoms with E-state index in [9.17, 15) is 14.4 Å². The molecule has 0 aromatic heterocycles. The first-order valence-corrected chi connectivity index (χ1v) is 8.56. The van der Waals surface area contributed by atoms with Gasteiger partial charge in [-0.05, 0) is 65.4 Å². The first-order chi connectivity index (χ1) is 11.5. The number of carbonyl (C=O) groups excluding carboxylic acids is 3. The van der Waals surface area contributed by atoms with Crippen LogP contribution in [0.4, 0.5) is 5.69 Å². The maximum atomic E-state index is 12.2. The summed E-state index contributed by atoms with van der Waals surface area (Å²) in [6.07, 6.45) is 0.0664. The van der Waals surface area contributed by atoms with Gasteiger partial charge in [-0.3, -0.25) is 19.3 Å². The molecule has 0 spiro atoms. The van der Waals surface area contributed by atoms with Gasteiger partial charge in [0.25, 0.3) is 11.8 Å². The summed E-state index contributed by atoms with van der Waals surface area (Å²) in [5.74, 6) is -0.904. The van der Waals surface area contributed by atoms with Crippen LogP contribution in [-0.4, -0.2) is 29.2 Å². The Morgan fingerprint density at radius 1 is 1.08 bits per heavy atom. The van der Waals surface area contributed by atoms with Gasteiger partial charge in [0.1, 0.15) is 0 Å². The number of hydrogen-bond donors (Lipinski definition) is 1. The summed E-state index contributed by atoms with van der Waals surface area (Å²) in [4.78, 5) is 37.7. The number of carbonyl (C=O) groups is 3. The number of aryl methyl sites for hydroxylation is 1. The van der Waals surface area contributed by atoms with E-state index >= 15 is 0 Å². The minimum absolute atomic E-state index is 0.0664. The lowest BCUT2D eigenvalue weighted by atomic mass is 10.1. The molecule has 1 N–H and O–H groups in total. The van der Waals surface area contributed by atoms with Crippen LogP contribution >= 0.6 is 22.6 Å². The second-order valence-electron chi connectivity index (χ2n) is 5.56. The van der Waals surface area contributed by atoms with Crippen molar-refractivity contribution in [1.82, 2.24) is 4.90 Å². The van der Waals surface area contributed by atoms with Gasteiger partial charge in [0, 0.05) is 22.2 Å². The van der Waals surface area contributed by atoms with Gasteiger partial charge in [-0.1, -0.05) is 12.1 Å². The summed E-state index contributed by atoms with van der Waals surface area (Å²) < 4.78 is 1.09. The molecule has 122 valence electrons. The average molecular weight is 434 g/mol. The van der Waals surface area contributed by atoms with E-state index in [0.29, 0.717) is 11.1 Å². The third-order valence-electron chi connectivity index (χ3n) is 3.90. The number of nitrogens with one attached hydrogen (secondary N) is 1. The lowest BCUT2D eigenvalue weighted by molar-refractivity contribution is -0.116. The Morgan fingerprint density at radius 2 is 1.71 bits per heavy atom. The van der Waals surface area contributed by atoms with Crippen LogP contribution in [0, 0.1) is 10.5 Å². The Balaban J connectivity index is 1.63. The summed E-state index contributed by atoms with van der Waals surface area (Å²) in [6, 6.07) is 12.4. The van der Waals surface area contributed by atoms with Gasteiger partial charge in [0.05, 0.1) is 11.1 Å². The van der Waals surface area contributed by atoms with Gasteiger partial charge >= 0.3 is 0 Å². The number of benzene rings is 2. The molecule has 1 aliphatic heterocycles. The van der Waals surface area contributed by atoms with Gasteiger partial charge < -0.3 is 5.32 Å². The molecule has 1 heterocycles. The van der Waals surface area contributed by atoms with Crippen molar-refractivity contribution in [2.45, 2.75) is 13.3 Å². The summed E-state index contributed by atoms with van der Waals surface area (Å²) >= 11 is 2.21.